The molecule has 0 spiro atoms. The lowest BCUT2D eigenvalue weighted by Gasteiger charge is -2.17. The summed E-state index contributed by atoms with van der Waals surface area (Å²) in [6.45, 7) is 20.5. The van der Waals surface area contributed by atoms with Crippen LogP contribution in [0.4, 0.5) is 5.69 Å². The quantitative estimate of drug-likeness (QED) is 0.0814. The van der Waals surface area contributed by atoms with E-state index in [0.29, 0.717) is 0 Å². The van der Waals surface area contributed by atoms with E-state index in [-0.39, 0.29) is 29.8 Å². The Hall–Kier alpha value is -1.54. The molecule has 0 unspecified atom stereocenters. The van der Waals surface area contributed by atoms with E-state index in [2.05, 4.69) is 140 Å². The summed E-state index contributed by atoms with van der Waals surface area (Å²) >= 11 is 7.60. The number of halogens is 2. The van der Waals surface area contributed by atoms with Crippen molar-refractivity contribution in [2.75, 3.05) is 15.9 Å². The number of thioether (sulfide) groups is 1. The molecule has 0 aliphatic carbocycles. The minimum atomic E-state index is 0. The number of alkyl halides is 1. The van der Waals surface area contributed by atoms with Crippen molar-refractivity contribution < 1.29 is 33.3 Å². The second-order valence-electron chi connectivity index (χ2n) is 10.2. The van der Waals surface area contributed by atoms with Crippen LogP contribution in [0.15, 0.2) is 70.6 Å². The van der Waals surface area contributed by atoms with Gasteiger partial charge in [-0.2, -0.15) is 4.57 Å². The fourth-order valence-electron chi connectivity index (χ4n) is 4.67. The van der Waals surface area contributed by atoms with Crippen LogP contribution in [0.1, 0.15) is 54.4 Å². The van der Waals surface area contributed by atoms with Gasteiger partial charge in [0.25, 0.3) is 0 Å². The van der Waals surface area contributed by atoms with Gasteiger partial charge in [0.1, 0.15) is 11.2 Å². The molecule has 0 atom stereocenters. The van der Waals surface area contributed by atoms with Crippen molar-refractivity contribution in [2.45, 2.75) is 73.8 Å². The lowest BCUT2D eigenvalue weighted by molar-refractivity contribution is -0.669. The molecule has 0 radical (unpaired) electrons. The summed E-state index contributed by atoms with van der Waals surface area (Å²) in [6.07, 6.45) is 1.71. The Morgan fingerprint density at radius 3 is 2.09 bits per heavy atom. The van der Waals surface area contributed by atoms with Crippen LogP contribution in [0, 0.1) is 34.6 Å². The predicted octanol–water partition coefficient (Wildman–Crippen LogP) is 7.54. The first-order valence-corrected chi connectivity index (χ1v) is 18.6. The third kappa shape index (κ3) is 10.5. The van der Waals surface area contributed by atoms with Gasteiger partial charge in [-0.3, -0.25) is 4.79 Å². The monoisotopic (exact) mass is 871 g/mol. The zero-order valence-electron chi connectivity index (χ0n) is 27.1. The molecule has 0 saturated heterocycles. The molecule has 9 heteroatoms. The zero-order valence-corrected chi connectivity index (χ0v) is 33.9. The minimum absolute atomic E-state index is 0. The number of thiazole rings is 2. The average Bonchev–Trinajstić information content (AvgIpc) is 3.58. The normalized spacial score (nSPS) is 12.4. The minimum Gasteiger partial charge on any atom is -1.00 e. The van der Waals surface area contributed by atoms with E-state index in [4.69, 9.17) is 0 Å². The number of allylic oxidation sites excluding steroid dienone is 1. The first kappa shape index (κ1) is 38.6. The molecule has 2 aromatic heterocycles. The van der Waals surface area contributed by atoms with Gasteiger partial charge in [0.2, 0.25) is 10.5 Å². The van der Waals surface area contributed by atoms with Gasteiger partial charge in [-0.05, 0) is 99.9 Å². The van der Waals surface area contributed by atoms with E-state index in [9.17, 15) is 4.79 Å². The van der Waals surface area contributed by atoms with Crippen molar-refractivity contribution in [3.05, 3.63) is 92.4 Å². The Morgan fingerprint density at radius 1 is 0.886 bits per heavy atom. The molecular formula is C35H43I2N3OS3. The molecule has 0 bridgehead atoms. The zero-order chi connectivity index (χ0) is 31.7. The second-order valence-corrected chi connectivity index (χ2v) is 15.3. The van der Waals surface area contributed by atoms with Gasteiger partial charge in [0.15, 0.2) is 5.78 Å². The van der Waals surface area contributed by atoms with Crippen LogP contribution < -0.4 is 33.4 Å². The maximum Gasteiger partial charge on any atom is 0.235 e. The van der Waals surface area contributed by atoms with Crippen LogP contribution >= 0.6 is 57.0 Å². The molecular weight excluding hydrogens is 828 g/mol. The summed E-state index contributed by atoms with van der Waals surface area (Å²) in [5, 5.41) is 3.57. The van der Waals surface area contributed by atoms with Gasteiger partial charge in [0.05, 0.1) is 25.9 Å². The van der Waals surface area contributed by atoms with Crippen LogP contribution in [-0.4, -0.2) is 21.7 Å². The molecule has 3 aromatic carbocycles. The van der Waals surface area contributed by atoms with E-state index in [1.54, 1.807) is 36.1 Å². The van der Waals surface area contributed by atoms with Crippen LogP contribution in [-0.2, 0) is 11.3 Å². The fourth-order valence-corrected chi connectivity index (χ4v) is 8.09. The molecule has 6 rings (SSSR count). The number of aromatic nitrogens is 2. The molecule has 44 heavy (non-hydrogen) atoms. The Kier molecular flexibility index (Phi) is 16.3. The Labute approximate surface area is 306 Å². The number of carbonyl (C=O) groups is 1. The number of hydrogen-bond donors (Lipinski definition) is 0. The summed E-state index contributed by atoms with van der Waals surface area (Å²) in [5.41, 5.74) is 7.61. The van der Waals surface area contributed by atoms with Crippen LogP contribution in [0.5, 0.6) is 0 Å². The lowest BCUT2D eigenvalue weighted by Crippen LogP contribution is -3.00. The van der Waals surface area contributed by atoms with Gasteiger partial charge in [-0.25, -0.2) is 4.98 Å². The largest absolute Gasteiger partial charge is 1.00 e. The van der Waals surface area contributed by atoms with Crippen molar-refractivity contribution in [3.63, 3.8) is 0 Å². The Balaban J connectivity index is 0.000000221. The number of hydrogen-bond acceptors (Lipinski definition) is 6. The number of benzene rings is 3. The maximum atomic E-state index is 11.2. The molecule has 1 aliphatic heterocycles. The smallest absolute Gasteiger partial charge is 0.235 e. The number of nitrogens with zero attached hydrogens (tertiary/aromatic N) is 3. The number of carbonyl (C=O) groups excluding carboxylic acids is 1. The van der Waals surface area contributed by atoms with Crippen molar-refractivity contribution in [3.8, 4) is 0 Å². The highest BCUT2D eigenvalue weighted by atomic mass is 127. The Morgan fingerprint density at radius 2 is 1.48 bits per heavy atom. The van der Waals surface area contributed by atoms with E-state index < -0.39 is 0 Å². The standard InChI is InChI=1S/C13H15NOS.C11H14NS.C9H9NS.C2H5I.HI/c1-4-14-11-6-5-9(2)7-12(11)16-13(14)8-10(3)15;1-4-12-9(3)13-11-7-8(2)5-6-10(11)12;1-6-3-4-8-9(5-6)11-7(2)10-8;1-2-3;/h5-8H,4H2,1-3H3;5-7H,4H2,1-3H3;3-5H,1-2H3;2H2,1H3;1H/q;+1;;;/p-1/b13-8-;;;;. The molecule has 3 heterocycles. The van der Waals surface area contributed by atoms with E-state index >= 15 is 0 Å². The molecule has 0 saturated carbocycles. The van der Waals surface area contributed by atoms with Crippen molar-refractivity contribution >= 4 is 88.9 Å². The highest BCUT2D eigenvalue weighted by molar-refractivity contribution is 14.1. The summed E-state index contributed by atoms with van der Waals surface area (Å²) in [7, 11) is 0. The van der Waals surface area contributed by atoms with Crippen molar-refractivity contribution in [2.24, 2.45) is 0 Å². The van der Waals surface area contributed by atoms with E-state index in [1.807, 2.05) is 18.3 Å². The van der Waals surface area contributed by atoms with Crippen LogP contribution in [0.2, 0.25) is 0 Å². The lowest BCUT2D eigenvalue weighted by atomic mass is 10.2. The van der Waals surface area contributed by atoms with E-state index in [1.165, 1.54) is 51.6 Å². The van der Waals surface area contributed by atoms with Crippen LogP contribution in [0.3, 0.4) is 0 Å². The number of anilines is 1. The Bertz CT molecular complexity index is 1730. The number of ketones is 1. The average molecular weight is 872 g/mol. The first-order chi connectivity index (χ1) is 20.5. The summed E-state index contributed by atoms with van der Waals surface area (Å²) in [6, 6.07) is 19.4. The molecule has 0 fully saturated rings. The third-order valence-corrected chi connectivity index (χ3v) is 9.63. The number of aryl methyl sites for hydroxylation is 6. The molecule has 0 amide bonds. The molecule has 0 N–H and O–H groups in total. The third-order valence-electron chi connectivity index (χ3n) is 6.54. The molecule has 236 valence electrons. The first-order valence-electron chi connectivity index (χ1n) is 14.6. The summed E-state index contributed by atoms with van der Waals surface area (Å²) in [4.78, 5) is 19.0. The van der Waals surface area contributed by atoms with Crippen molar-refractivity contribution in [1.29, 1.82) is 0 Å². The van der Waals surface area contributed by atoms with Gasteiger partial charge >= 0.3 is 0 Å². The molecule has 1 aliphatic rings. The SMILES string of the molecule is CCI.CCN1/C(=C/C(C)=O)Sc2cc(C)ccc21.CC[n+]1c(C)sc2cc(C)ccc21.Cc1ccc2nc(C)sc2c1.[I-]. The second kappa shape index (κ2) is 18.6. The highest BCUT2D eigenvalue weighted by Gasteiger charge is 2.24. The number of fused-ring (bicyclic) bond motifs is 3. The van der Waals surface area contributed by atoms with Gasteiger partial charge in [-0.15, -0.1) is 11.3 Å². The summed E-state index contributed by atoms with van der Waals surface area (Å²) < 4.78 is 6.28. The summed E-state index contributed by atoms with van der Waals surface area (Å²) in [5.74, 6) is 0.102. The maximum absolute atomic E-state index is 11.2. The van der Waals surface area contributed by atoms with Crippen molar-refractivity contribution in [1.82, 2.24) is 4.98 Å². The van der Waals surface area contributed by atoms with Crippen LogP contribution in [0.25, 0.3) is 20.4 Å². The predicted molar refractivity (Wildman–Crippen MR) is 200 cm³/mol. The van der Waals surface area contributed by atoms with Gasteiger partial charge in [-0.1, -0.05) is 70.8 Å². The van der Waals surface area contributed by atoms with E-state index in [0.717, 1.165) is 28.6 Å². The highest BCUT2D eigenvalue weighted by Crippen LogP contribution is 2.46. The van der Waals surface area contributed by atoms with Gasteiger partial charge < -0.3 is 28.9 Å². The fraction of sp³-hybridized carbons (Fsp3) is 0.343. The number of rotatable bonds is 3. The topological polar surface area (TPSA) is 37.1 Å². The molecule has 4 nitrogen and oxygen atoms in total. The van der Waals surface area contributed by atoms with Gasteiger partial charge in [0, 0.05) is 30.5 Å². The molecule has 5 aromatic rings.